The molecule has 1 fully saturated rings. The monoisotopic (exact) mass is 266 g/mol. The predicted octanol–water partition coefficient (Wildman–Crippen LogP) is 1.75. The molecule has 1 aromatic carbocycles. The van der Waals surface area contributed by atoms with Gasteiger partial charge in [0.25, 0.3) is 5.91 Å². The van der Waals surface area contributed by atoms with Crippen LogP contribution in [0.1, 0.15) is 30.1 Å². The fourth-order valence-electron chi connectivity index (χ4n) is 2.54. The number of nitrogens with one attached hydrogen (secondary N) is 1. The molecule has 19 heavy (non-hydrogen) atoms. The van der Waals surface area contributed by atoms with Crippen LogP contribution in [0, 0.1) is 5.82 Å². The van der Waals surface area contributed by atoms with Crippen LogP contribution in [-0.4, -0.2) is 41.6 Å². The van der Waals surface area contributed by atoms with Crippen LogP contribution in [0.5, 0.6) is 5.75 Å². The van der Waals surface area contributed by atoms with Crippen molar-refractivity contribution < 1.29 is 14.3 Å². The minimum absolute atomic E-state index is 0.0129. The summed E-state index contributed by atoms with van der Waals surface area (Å²) in [5.74, 6) is -1.16. The molecular weight excluding hydrogens is 247 g/mol. The summed E-state index contributed by atoms with van der Waals surface area (Å²) in [7, 11) is 0. The Morgan fingerprint density at radius 2 is 2.37 bits per heavy atom. The SMILES string of the molecule is CCN1CCCC1CNC(=O)c1cc(F)ccc1O. The Morgan fingerprint density at radius 3 is 3.11 bits per heavy atom. The molecule has 1 heterocycles. The van der Waals surface area contributed by atoms with Crippen LogP contribution < -0.4 is 5.32 Å². The topological polar surface area (TPSA) is 52.6 Å². The van der Waals surface area contributed by atoms with E-state index in [0.29, 0.717) is 12.6 Å². The first-order valence-corrected chi connectivity index (χ1v) is 6.62. The smallest absolute Gasteiger partial charge is 0.255 e. The Bertz CT molecular complexity index is 465. The van der Waals surface area contributed by atoms with Gasteiger partial charge >= 0.3 is 0 Å². The molecule has 0 radical (unpaired) electrons. The largest absolute Gasteiger partial charge is 0.507 e. The van der Waals surface area contributed by atoms with Crippen molar-refractivity contribution in [3.63, 3.8) is 0 Å². The van der Waals surface area contributed by atoms with Crippen LogP contribution in [0.2, 0.25) is 0 Å². The number of likely N-dealkylation sites (N-methyl/N-ethyl adjacent to an activating group) is 1. The van der Waals surface area contributed by atoms with E-state index in [1.807, 2.05) is 0 Å². The number of carbonyl (C=O) groups is 1. The van der Waals surface area contributed by atoms with Crippen LogP contribution >= 0.6 is 0 Å². The van der Waals surface area contributed by atoms with Gasteiger partial charge in [0.15, 0.2) is 0 Å². The molecule has 5 heteroatoms. The number of hydrogen-bond donors (Lipinski definition) is 2. The van der Waals surface area contributed by atoms with Crippen molar-refractivity contribution in [2.45, 2.75) is 25.8 Å². The maximum atomic E-state index is 13.1. The minimum Gasteiger partial charge on any atom is -0.507 e. The number of amides is 1. The van der Waals surface area contributed by atoms with Gasteiger partial charge in [-0.2, -0.15) is 0 Å². The molecule has 0 spiro atoms. The molecule has 1 aliphatic rings. The number of phenols is 1. The second-order valence-corrected chi connectivity index (χ2v) is 4.80. The van der Waals surface area contributed by atoms with Gasteiger partial charge in [-0.05, 0) is 44.1 Å². The van der Waals surface area contributed by atoms with Crippen LogP contribution in [0.25, 0.3) is 0 Å². The first-order valence-electron chi connectivity index (χ1n) is 6.62. The van der Waals surface area contributed by atoms with Crippen molar-refractivity contribution in [1.82, 2.24) is 10.2 Å². The molecule has 0 aromatic heterocycles. The lowest BCUT2D eigenvalue weighted by Crippen LogP contribution is -2.40. The number of aromatic hydroxyl groups is 1. The van der Waals surface area contributed by atoms with Gasteiger partial charge in [0.1, 0.15) is 11.6 Å². The van der Waals surface area contributed by atoms with Crippen molar-refractivity contribution in [2.24, 2.45) is 0 Å². The summed E-state index contributed by atoms with van der Waals surface area (Å²) in [4.78, 5) is 14.2. The average Bonchev–Trinajstić information content (AvgIpc) is 2.86. The quantitative estimate of drug-likeness (QED) is 0.873. The Kier molecular flexibility index (Phi) is 4.37. The molecule has 1 saturated heterocycles. The highest BCUT2D eigenvalue weighted by Crippen LogP contribution is 2.19. The number of benzene rings is 1. The fourth-order valence-corrected chi connectivity index (χ4v) is 2.54. The van der Waals surface area contributed by atoms with Gasteiger partial charge in [0, 0.05) is 12.6 Å². The highest BCUT2D eigenvalue weighted by Gasteiger charge is 2.23. The van der Waals surface area contributed by atoms with Crippen molar-refractivity contribution in [3.05, 3.63) is 29.6 Å². The van der Waals surface area contributed by atoms with Gasteiger partial charge < -0.3 is 10.4 Å². The maximum absolute atomic E-state index is 13.1. The van der Waals surface area contributed by atoms with Crippen LogP contribution in [0.3, 0.4) is 0 Å². The number of likely N-dealkylation sites (tertiary alicyclic amines) is 1. The maximum Gasteiger partial charge on any atom is 0.255 e. The predicted molar refractivity (Wildman–Crippen MR) is 70.7 cm³/mol. The zero-order chi connectivity index (χ0) is 13.8. The van der Waals surface area contributed by atoms with Crippen molar-refractivity contribution in [3.8, 4) is 5.75 Å². The van der Waals surface area contributed by atoms with E-state index in [1.54, 1.807) is 0 Å². The van der Waals surface area contributed by atoms with E-state index in [9.17, 15) is 14.3 Å². The molecule has 1 aliphatic heterocycles. The van der Waals surface area contributed by atoms with Crippen LogP contribution in [0.4, 0.5) is 4.39 Å². The lowest BCUT2D eigenvalue weighted by atomic mass is 10.1. The average molecular weight is 266 g/mol. The van der Waals surface area contributed by atoms with Crippen molar-refractivity contribution in [1.29, 1.82) is 0 Å². The summed E-state index contributed by atoms with van der Waals surface area (Å²) in [6, 6.07) is 3.71. The third kappa shape index (κ3) is 3.23. The summed E-state index contributed by atoms with van der Waals surface area (Å²) in [6.07, 6.45) is 2.20. The van der Waals surface area contributed by atoms with E-state index < -0.39 is 11.7 Å². The molecule has 0 bridgehead atoms. The van der Waals surface area contributed by atoms with E-state index in [4.69, 9.17) is 0 Å². The van der Waals surface area contributed by atoms with Gasteiger partial charge in [0.05, 0.1) is 5.56 Å². The van der Waals surface area contributed by atoms with E-state index in [1.165, 1.54) is 6.07 Å². The Hall–Kier alpha value is -1.62. The third-order valence-electron chi connectivity index (χ3n) is 3.61. The molecule has 0 saturated carbocycles. The molecule has 4 nitrogen and oxygen atoms in total. The zero-order valence-corrected chi connectivity index (χ0v) is 11.0. The number of halogens is 1. The Balaban J connectivity index is 1.96. The third-order valence-corrected chi connectivity index (χ3v) is 3.61. The van der Waals surface area contributed by atoms with E-state index in [0.717, 1.165) is 38.1 Å². The van der Waals surface area contributed by atoms with Crippen LogP contribution in [-0.2, 0) is 0 Å². The van der Waals surface area contributed by atoms with Gasteiger partial charge in [-0.1, -0.05) is 6.92 Å². The molecule has 1 amide bonds. The van der Waals surface area contributed by atoms with Gasteiger partial charge in [-0.15, -0.1) is 0 Å². The molecule has 0 aliphatic carbocycles. The van der Waals surface area contributed by atoms with Gasteiger partial charge in [-0.25, -0.2) is 4.39 Å². The lowest BCUT2D eigenvalue weighted by Gasteiger charge is -2.22. The molecule has 2 N–H and O–H groups in total. The van der Waals surface area contributed by atoms with Crippen LogP contribution in [0.15, 0.2) is 18.2 Å². The van der Waals surface area contributed by atoms with Crippen molar-refractivity contribution in [2.75, 3.05) is 19.6 Å². The number of rotatable bonds is 4. The highest BCUT2D eigenvalue weighted by atomic mass is 19.1. The molecule has 2 rings (SSSR count). The van der Waals surface area contributed by atoms with E-state index in [2.05, 4.69) is 17.1 Å². The molecule has 1 unspecified atom stereocenters. The van der Waals surface area contributed by atoms with Gasteiger partial charge in [-0.3, -0.25) is 9.69 Å². The summed E-state index contributed by atoms with van der Waals surface area (Å²) in [5.41, 5.74) is -0.0129. The molecule has 1 aromatic rings. The number of carbonyl (C=O) groups excluding carboxylic acids is 1. The summed E-state index contributed by atoms with van der Waals surface area (Å²) in [6.45, 7) is 4.65. The summed E-state index contributed by atoms with van der Waals surface area (Å²) in [5, 5.41) is 12.3. The molecule has 104 valence electrons. The first kappa shape index (κ1) is 13.8. The highest BCUT2D eigenvalue weighted by molar-refractivity contribution is 5.96. The number of phenolic OH excluding ortho intramolecular Hbond substituents is 1. The minimum atomic E-state index is -0.529. The fraction of sp³-hybridized carbons (Fsp3) is 0.500. The zero-order valence-electron chi connectivity index (χ0n) is 11.0. The van der Waals surface area contributed by atoms with E-state index in [-0.39, 0.29) is 11.3 Å². The molecular formula is C14H19FN2O2. The second kappa shape index (κ2) is 6.02. The normalized spacial score (nSPS) is 19.6. The van der Waals surface area contributed by atoms with Crippen molar-refractivity contribution >= 4 is 5.91 Å². The second-order valence-electron chi connectivity index (χ2n) is 4.80. The van der Waals surface area contributed by atoms with Gasteiger partial charge in [0.2, 0.25) is 0 Å². The van der Waals surface area contributed by atoms with E-state index >= 15 is 0 Å². The Labute approximate surface area is 112 Å². The lowest BCUT2D eigenvalue weighted by molar-refractivity contribution is 0.0938. The summed E-state index contributed by atoms with van der Waals surface area (Å²) < 4.78 is 13.1. The number of hydrogen-bond acceptors (Lipinski definition) is 3. The summed E-state index contributed by atoms with van der Waals surface area (Å²) >= 11 is 0. The molecule has 1 atom stereocenters. The Morgan fingerprint density at radius 1 is 1.58 bits per heavy atom. The standard InChI is InChI=1S/C14H19FN2O2/c1-2-17-7-3-4-11(17)9-16-14(19)12-8-10(15)5-6-13(12)18/h5-6,8,11,18H,2-4,7,9H2,1H3,(H,16,19). The first-order chi connectivity index (χ1) is 9.11. The number of nitrogens with zero attached hydrogens (tertiary/aromatic N) is 1.